The zero-order valence-electron chi connectivity index (χ0n) is 12.1. The first kappa shape index (κ1) is 13.0. The molecule has 106 valence electrons. The van der Waals surface area contributed by atoms with E-state index in [0.717, 1.165) is 41.6 Å². The van der Waals surface area contributed by atoms with Crippen molar-refractivity contribution < 1.29 is 9.47 Å². The summed E-state index contributed by atoms with van der Waals surface area (Å²) in [6.07, 6.45) is 3.34. The second-order valence-corrected chi connectivity index (χ2v) is 5.14. The zero-order valence-corrected chi connectivity index (χ0v) is 12.1. The normalized spacial score (nSPS) is 17.6. The van der Waals surface area contributed by atoms with Gasteiger partial charge in [0.15, 0.2) is 5.82 Å². The minimum Gasteiger partial charge on any atom is -0.497 e. The third-order valence-corrected chi connectivity index (χ3v) is 3.75. The van der Waals surface area contributed by atoms with Crippen LogP contribution in [0.15, 0.2) is 18.2 Å². The zero-order chi connectivity index (χ0) is 14.1. The Balaban J connectivity index is 2.04. The standard InChI is InChI=1S/C15H19N3O2/c1-10-5-4-6-14-16-15(17-18(10)14)11-7-12(19-2)9-13(8-11)20-3/h7-10H,4-6H2,1-3H3. The van der Waals surface area contributed by atoms with E-state index in [-0.39, 0.29) is 0 Å². The van der Waals surface area contributed by atoms with Crippen LogP contribution in [0.1, 0.15) is 31.6 Å². The van der Waals surface area contributed by atoms with Gasteiger partial charge in [0.25, 0.3) is 0 Å². The maximum absolute atomic E-state index is 5.30. The molecule has 20 heavy (non-hydrogen) atoms. The molecule has 1 aliphatic rings. The second kappa shape index (κ2) is 5.15. The van der Waals surface area contributed by atoms with E-state index < -0.39 is 0 Å². The lowest BCUT2D eigenvalue weighted by Gasteiger charge is -2.18. The first-order valence-electron chi connectivity index (χ1n) is 6.90. The van der Waals surface area contributed by atoms with Crippen molar-refractivity contribution in [2.45, 2.75) is 32.2 Å². The van der Waals surface area contributed by atoms with Crippen molar-refractivity contribution in [1.82, 2.24) is 14.8 Å². The molecule has 0 fully saturated rings. The molecule has 2 aromatic rings. The Morgan fingerprint density at radius 3 is 2.45 bits per heavy atom. The molecule has 0 amide bonds. The van der Waals surface area contributed by atoms with Crippen LogP contribution in [0.5, 0.6) is 11.5 Å². The Labute approximate surface area is 118 Å². The molecule has 1 unspecified atom stereocenters. The first-order chi connectivity index (χ1) is 9.71. The van der Waals surface area contributed by atoms with Gasteiger partial charge in [-0.25, -0.2) is 9.67 Å². The fourth-order valence-corrected chi connectivity index (χ4v) is 2.62. The largest absolute Gasteiger partial charge is 0.497 e. The lowest BCUT2D eigenvalue weighted by Crippen LogP contribution is -2.16. The molecule has 0 N–H and O–H groups in total. The number of nitrogens with zero attached hydrogens (tertiary/aromatic N) is 3. The van der Waals surface area contributed by atoms with Gasteiger partial charge in [-0.05, 0) is 31.9 Å². The van der Waals surface area contributed by atoms with E-state index in [9.17, 15) is 0 Å². The van der Waals surface area contributed by atoms with Crippen LogP contribution in [0.3, 0.4) is 0 Å². The average molecular weight is 273 g/mol. The van der Waals surface area contributed by atoms with Crippen LogP contribution in [-0.2, 0) is 6.42 Å². The molecule has 5 heteroatoms. The molecule has 0 radical (unpaired) electrons. The molecule has 0 saturated heterocycles. The highest BCUT2D eigenvalue weighted by atomic mass is 16.5. The molecule has 5 nitrogen and oxygen atoms in total. The second-order valence-electron chi connectivity index (χ2n) is 5.14. The van der Waals surface area contributed by atoms with Crippen molar-refractivity contribution in [3.05, 3.63) is 24.0 Å². The summed E-state index contributed by atoms with van der Waals surface area (Å²) in [6.45, 7) is 2.19. The number of benzene rings is 1. The lowest BCUT2D eigenvalue weighted by atomic mass is 10.1. The fraction of sp³-hybridized carbons (Fsp3) is 0.467. The molecule has 0 aliphatic carbocycles. The molecule has 0 spiro atoms. The summed E-state index contributed by atoms with van der Waals surface area (Å²) < 4.78 is 12.6. The molecule has 3 rings (SSSR count). The van der Waals surface area contributed by atoms with Gasteiger partial charge in [0.2, 0.25) is 0 Å². The molecule has 0 saturated carbocycles. The van der Waals surface area contributed by atoms with Crippen molar-refractivity contribution in [3.63, 3.8) is 0 Å². The van der Waals surface area contributed by atoms with Crippen LogP contribution in [0, 0.1) is 0 Å². The third kappa shape index (κ3) is 2.24. The summed E-state index contributed by atoms with van der Waals surface area (Å²) in [5.41, 5.74) is 0.926. The van der Waals surface area contributed by atoms with Crippen molar-refractivity contribution in [3.8, 4) is 22.9 Å². The Hall–Kier alpha value is -2.04. The van der Waals surface area contributed by atoms with Gasteiger partial charge in [-0.1, -0.05) is 0 Å². The van der Waals surface area contributed by atoms with Crippen molar-refractivity contribution in [2.24, 2.45) is 0 Å². The molecular formula is C15H19N3O2. The van der Waals surface area contributed by atoms with Gasteiger partial charge in [0.1, 0.15) is 17.3 Å². The molecule has 1 aromatic heterocycles. The summed E-state index contributed by atoms with van der Waals surface area (Å²) in [5, 5.41) is 4.65. The molecular weight excluding hydrogens is 254 g/mol. The number of ether oxygens (including phenoxy) is 2. The van der Waals surface area contributed by atoms with Gasteiger partial charge in [-0.15, -0.1) is 0 Å². The Morgan fingerprint density at radius 1 is 1.15 bits per heavy atom. The van der Waals surface area contributed by atoms with Crippen LogP contribution in [-0.4, -0.2) is 29.0 Å². The number of rotatable bonds is 3. The summed E-state index contributed by atoms with van der Waals surface area (Å²) in [4.78, 5) is 4.66. The van der Waals surface area contributed by atoms with E-state index in [4.69, 9.17) is 9.47 Å². The maximum atomic E-state index is 5.30. The highest BCUT2D eigenvalue weighted by Crippen LogP contribution is 2.30. The number of aromatic nitrogens is 3. The summed E-state index contributed by atoms with van der Waals surface area (Å²) >= 11 is 0. The lowest BCUT2D eigenvalue weighted by molar-refractivity contribution is 0.388. The molecule has 1 aliphatic heterocycles. The predicted octanol–water partition coefficient (Wildman–Crippen LogP) is 2.86. The van der Waals surface area contributed by atoms with Gasteiger partial charge in [0.05, 0.1) is 20.3 Å². The monoisotopic (exact) mass is 273 g/mol. The summed E-state index contributed by atoms with van der Waals surface area (Å²) in [5.74, 6) is 3.31. The Morgan fingerprint density at radius 2 is 1.85 bits per heavy atom. The predicted molar refractivity (Wildman–Crippen MR) is 76.2 cm³/mol. The van der Waals surface area contributed by atoms with Gasteiger partial charge in [0, 0.05) is 18.1 Å². The highest BCUT2D eigenvalue weighted by molar-refractivity contribution is 5.60. The number of aryl methyl sites for hydroxylation is 1. The third-order valence-electron chi connectivity index (χ3n) is 3.75. The van der Waals surface area contributed by atoms with Crippen LogP contribution in [0.25, 0.3) is 11.4 Å². The minimum absolute atomic E-state index is 0.424. The van der Waals surface area contributed by atoms with Crippen LogP contribution in [0.2, 0.25) is 0 Å². The molecule has 1 aromatic carbocycles. The van der Waals surface area contributed by atoms with Gasteiger partial charge in [-0.3, -0.25) is 0 Å². The quantitative estimate of drug-likeness (QED) is 0.862. The molecule has 0 bridgehead atoms. The van der Waals surface area contributed by atoms with Gasteiger partial charge in [-0.2, -0.15) is 5.10 Å². The van der Waals surface area contributed by atoms with E-state index in [0.29, 0.717) is 6.04 Å². The topological polar surface area (TPSA) is 49.2 Å². The summed E-state index contributed by atoms with van der Waals surface area (Å²) in [7, 11) is 3.29. The Kier molecular flexibility index (Phi) is 3.34. The van der Waals surface area contributed by atoms with Crippen LogP contribution in [0.4, 0.5) is 0 Å². The van der Waals surface area contributed by atoms with Crippen molar-refractivity contribution >= 4 is 0 Å². The van der Waals surface area contributed by atoms with Crippen molar-refractivity contribution in [1.29, 1.82) is 0 Å². The SMILES string of the molecule is COc1cc(OC)cc(-c2nc3n(n2)C(C)CCC3)c1. The van der Waals surface area contributed by atoms with E-state index in [1.54, 1.807) is 14.2 Å². The van der Waals surface area contributed by atoms with E-state index in [1.807, 2.05) is 22.9 Å². The first-order valence-corrected chi connectivity index (χ1v) is 6.90. The van der Waals surface area contributed by atoms with E-state index in [1.165, 1.54) is 6.42 Å². The molecule has 1 atom stereocenters. The highest BCUT2D eigenvalue weighted by Gasteiger charge is 2.20. The number of hydrogen-bond donors (Lipinski definition) is 0. The minimum atomic E-state index is 0.424. The van der Waals surface area contributed by atoms with E-state index >= 15 is 0 Å². The number of hydrogen-bond acceptors (Lipinski definition) is 4. The van der Waals surface area contributed by atoms with Gasteiger partial charge < -0.3 is 9.47 Å². The Bertz CT molecular complexity index is 599. The summed E-state index contributed by atoms with van der Waals surface area (Å²) in [6, 6.07) is 6.15. The van der Waals surface area contributed by atoms with Crippen molar-refractivity contribution in [2.75, 3.05) is 14.2 Å². The van der Waals surface area contributed by atoms with Gasteiger partial charge >= 0.3 is 0 Å². The smallest absolute Gasteiger partial charge is 0.181 e. The number of fused-ring (bicyclic) bond motifs is 1. The maximum Gasteiger partial charge on any atom is 0.181 e. The van der Waals surface area contributed by atoms with E-state index in [2.05, 4.69) is 17.0 Å². The fourth-order valence-electron chi connectivity index (χ4n) is 2.62. The average Bonchev–Trinajstić information content (AvgIpc) is 2.92. The molecule has 2 heterocycles. The van der Waals surface area contributed by atoms with Crippen LogP contribution >= 0.6 is 0 Å². The number of methoxy groups -OCH3 is 2. The van der Waals surface area contributed by atoms with Crippen LogP contribution < -0.4 is 9.47 Å².